The van der Waals surface area contributed by atoms with Crippen LogP contribution in [0.25, 0.3) is 43.4 Å². The summed E-state index contributed by atoms with van der Waals surface area (Å²) in [5, 5.41) is 6.31. The van der Waals surface area contributed by atoms with Crippen molar-refractivity contribution in [2.45, 2.75) is 0 Å². The first-order chi connectivity index (χ1) is 16.7. The van der Waals surface area contributed by atoms with Gasteiger partial charge in [-0.2, -0.15) is 0 Å². The van der Waals surface area contributed by atoms with Gasteiger partial charge in [0.25, 0.3) is 0 Å². The van der Waals surface area contributed by atoms with Gasteiger partial charge in [-0.1, -0.05) is 103 Å². The van der Waals surface area contributed by atoms with Crippen LogP contribution in [0.4, 0.5) is 0 Å². The predicted molar refractivity (Wildman–Crippen MR) is 138 cm³/mol. The van der Waals surface area contributed by atoms with Gasteiger partial charge in [-0.15, -0.1) is 0 Å². The summed E-state index contributed by atoms with van der Waals surface area (Å²) in [4.78, 5) is 27.7. The van der Waals surface area contributed by atoms with Gasteiger partial charge in [-0.3, -0.25) is 9.59 Å². The van der Waals surface area contributed by atoms with Crippen LogP contribution in [-0.2, 0) is 0 Å². The van der Waals surface area contributed by atoms with Crippen molar-refractivity contribution in [1.82, 2.24) is 0 Å². The van der Waals surface area contributed by atoms with Gasteiger partial charge >= 0.3 is 0 Å². The maximum atomic E-state index is 13.9. The molecule has 0 fully saturated rings. The number of ketones is 2. The fourth-order valence-corrected chi connectivity index (χ4v) is 5.45. The summed E-state index contributed by atoms with van der Waals surface area (Å²) in [5.41, 5.74) is 3.74. The van der Waals surface area contributed by atoms with Crippen molar-refractivity contribution in [2.24, 2.45) is 0 Å². The first-order valence-electron chi connectivity index (χ1n) is 11.4. The van der Waals surface area contributed by atoms with Crippen LogP contribution in [0.3, 0.4) is 0 Å². The third-order valence-corrected chi connectivity index (χ3v) is 7.00. The highest BCUT2D eigenvalue weighted by Gasteiger charge is 2.33. The topological polar surface area (TPSA) is 34.1 Å². The van der Waals surface area contributed by atoms with Crippen LogP contribution in [0, 0.1) is 0 Å². The van der Waals surface area contributed by atoms with E-state index in [-0.39, 0.29) is 11.6 Å². The van der Waals surface area contributed by atoms with Crippen molar-refractivity contribution >= 4 is 43.9 Å². The maximum absolute atomic E-state index is 13.9. The van der Waals surface area contributed by atoms with Gasteiger partial charge in [0, 0.05) is 27.8 Å². The van der Waals surface area contributed by atoms with Gasteiger partial charge in [0.05, 0.1) is 0 Å². The first-order valence-corrected chi connectivity index (χ1v) is 11.4. The number of rotatable bonds is 1. The number of carbonyl (C=O) groups is 2. The van der Waals surface area contributed by atoms with E-state index >= 15 is 0 Å². The van der Waals surface area contributed by atoms with Crippen molar-refractivity contribution in [1.29, 1.82) is 0 Å². The third kappa shape index (κ3) is 2.51. The SMILES string of the molecule is O=C1c2ccccc2C(=O)c2c1cc1c(ccc3ccccc31)c2-c1cccc2ccccc12. The number of carbonyl (C=O) groups excluding carboxylic acids is 2. The van der Waals surface area contributed by atoms with Crippen molar-refractivity contribution in [3.8, 4) is 11.1 Å². The van der Waals surface area contributed by atoms with E-state index in [9.17, 15) is 9.59 Å². The highest BCUT2D eigenvalue weighted by molar-refractivity contribution is 6.34. The van der Waals surface area contributed by atoms with E-state index in [4.69, 9.17) is 0 Å². The summed E-state index contributed by atoms with van der Waals surface area (Å²) in [6, 6.07) is 35.8. The summed E-state index contributed by atoms with van der Waals surface area (Å²) >= 11 is 0. The molecule has 0 saturated heterocycles. The van der Waals surface area contributed by atoms with E-state index in [1.807, 2.05) is 48.5 Å². The van der Waals surface area contributed by atoms with Crippen LogP contribution in [0.2, 0.25) is 0 Å². The van der Waals surface area contributed by atoms with Crippen LogP contribution >= 0.6 is 0 Å². The summed E-state index contributed by atoms with van der Waals surface area (Å²) in [6.07, 6.45) is 0. The molecular formula is C32H18O2. The number of hydrogen-bond acceptors (Lipinski definition) is 2. The molecule has 6 aromatic rings. The second kappa shape index (κ2) is 6.97. The molecule has 0 saturated carbocycles. The standard InChI is InChI=1S/C32H18O2/c33-31-25-13-5-6-14-26(25)32(34)30-28(31)18-27-22-12-4-2-9-20(22)16-17-24(27)29(30)23-15-7-10-19-8-1-3-11-21(19)23/h1-18H. The van der Waals surface area contributed by atoms with E-state index in [0.717, 1.165) is 43.4 Å². The molecule has 0 atom stereocenters. The quantitative estimate of drug-likeness (QED) is 0.249. The summed E-state index contributed by atoms with van der Waals surface area (Å²) in [6.45, 7) is 0. The van der Waals surface area contributed by atoms with E-state index < -0.39 is 0 Å². The molecule has 0 amide bonds. The normalized spacial score (nSPS) is 12.8. The Bertz CT molecular complexity index is 1840. The molecule has 1 aliphatic carbocycles. The largest absolute Gasteiger partial charge is 0.289 e. The average molecular weight is 434 g/mol. The molecule has 158 valence electrons. The predicted octanol–water partition coefficient (Wildman–Crippen LogP) is 7.59. The van der Waals surface area contributed by atoms with Gasteiger partial charge < -0.3 is 0 Å². The van der Waals surface area contributed by atoms with Crippen LogP contribution < -0.4 is 0 Å². The zero-order valence-corrected chi connectivity index (χ0v) is 18.2. The van der Waals surface area contributed by atoms with Gasteiger partial charge in [-0.25, -0.2) is 0 Å². The Labute approximate surface area is 196 Å². The molecule has 0 aromatic heterocycles. The third-order valence-electron chi connectivity index (χ3n) is 7.00. The van der Waals surface area contributed by atoms with Crippen molar-refractivity contribution in [3.05, 3.63) is 131 Å². The van der Waals surface area contributed by atoms with Gasteiger partial charge in [-0.05, 0) is 43.9 Å². The first kappa shape index (κ1) is 19.0. The maximum Gasteiger partial charge on any atom is 0.195 e. The molecule has 2 heteroatoms. The molecule has 0 bridgehead atoms. The van der Waals surface area contributed by atoms with Gasteiger partial charge in [0.2, 0.25) is 0 Å². The Morgan fingerprint density at radius 2 is 0.941 bits per heavy atom. The lowest BCUT2D eigenvalue weighted by Crippen LogP contribution is -2.22. The molecule has 0 N–H and O–H groups in total. The van der Waals surface area contributed by atoms with E-state index in [0.29, 0.717) is 22.3 Å². The zero-order chi connectivity index (χ0) is 22.8. The number of fused-ring (bicyclic) bond motifs is 6. The van der Waals surface area contributed by atoms with Crippen molar-refractivity contribution < 1.29 is 9.59 Å². The lowest BCUT2D eigenvalue weighted by Gasteiger charge is -2.23. The number of hydrogen-bond donors (Lipinski definition) is 0. The molecule has 1 aliphatic rings. The van der Waals surface area contributed by atoms with Crippen LogP contribution in [-0.4, -0.2) is 11.6 Å². The summed E-state index contributed by atoms with van der Waals surface area (Å²) < 4.78 is 0. The van der Waals surface area contributed by atoms with Gasteiger partial charge in [0.15, 0.2) is 11.6 Å². The minimum atomic E-state index is -0.0958. The second-order valence-corrected chi connectivity index (χ2v) is 8.79. The molecule has 0 unspecified atom stereocenters. The average Bonchev–Trinajstić information content (AvgIpc) is 2.90. The second-order valence-electron chi connectivity index (χ2n) is 8.79. The minimum absolute atomic E-state index is 0.0943. The molecule has 34 heavy (non-hydrogen) atoms. The van der Waals surface area contributed by atoms with Gasteiger partial charge in [0.1, 0.15) is 0 Å². The van der Waals surface area contributed by atoms with Crippen LogP contribution in [0.1, 0.15) is 31.8 Å². The molecule has 0 spiro atoms. The Morgan fingerprint density at radius 3 is 1.74 bits per heavy atom. The Balaban J connectivity index is 1.72. The molecule has 6 aromatic carbocycles. The molecule has 2 nitrogen and oxygen atoms in total. The minimum Gasteiger partial charge on any atom is -0.289 e. The van der Waals surface area contributed by atoms with E-state index in [2.05, 4.69) is 48.5 Å². The lowest BCUT2D eigenvalue weighted by molar-refractivity contribution is 0.0980. The van der Waals surface area contributed by atoms with Crippen LogP contribution in [0.5, 0.6) is 0 Å². The van der Waals surface area contributed by atoms with E-state index in [1.165, 1.54) is 0 Å². The molecule has 0 radical (unpaired) electrons. The Hall–Kier alpha value is -4.56. The fourth-order valence-electron chi connectivity index (χ4n) is 5.45. The lowest BCUT2D eigenvalue weighted by atomic mass is 9.77. The van der Waals surface area contributed by atoms with Crippen LogP contribution in [0.15, 0.2) is 109 Å². The fraction of sp³-hybridized carbons (Fsp3) is 0. The summed E-state index contributed by atoms with van der Waals surface area (Å²) in [5.74, 6) is -0.190. The Kier molecular flexibility index (Phi) is 3.88. The van der Waals surface area contributed by atoms with E-state index in [1.54, 1.807) is 12.1 Å². The molecule has 0 heterocycles. The molecule has 7 rings (SSSR count). The Morgan fingerprint density at radius 1 is 0.353 bits per heavy atom. The van der Waals surface area contributed by atoms with Crippen molar-refractivity contribution in [2.75, 3.05) is 0 Å². The molecular weight excluding hydrogens is 416 g/mol. The zero-order valence-electron chi connectivity index (χ0n) is 18.2. The highest BCUT2D eigenvalue weighted by atomic mass is 16.1. The molecule has 0 aliphatic heterocycles. The summed E-state index contributed by atoms with van der Waals surface area (Å²) in [7, 11) is 0. The number of benzene rings is 6. The monoisotopic (exact) mass is 434 g/mol. The van der Waals surface area contributed by atoms with Crippen molar-refractivity contribution in [3.63, 3.8) is 0 Å². The smallest absolute Gasteiger partial charge is 0.195 e. The highest BCUT2D eigenvalue weighted by Crippen LogP contribution is 2.43.